The number of ketones is 1. The van der Waals surface area contributed by atoms with E-state index in [4.69, 9.17) is 0 Å². The van der Waals surface area contributed by atoms with Crippen LogP contribution in [-0.4, -0.2) is 31.3 Å². The van der Waals surface area contributed by atoms with Crippen LogP contribution in [0.5, 0.6) is 5.75 Å². The van der Waals surface area contributed by atoms with Crippen molar-refractivity contribution in [2.45, 2.75) is 0 Å². The number of halogens is 1. The Morgan fingerprint density at radius 1 is 1.47 bits per heavy atom. The van der Waals surface area contributed by atoms with Crippen molar-refractivity contribution in [3.63, 3.8) is 0 Å². The summed E-state index contributed by atoms with van der Waals surface area (Å²) in [4.78, 5) is 11.3. The Morgan fingerprint density at radius 3 is 2.60 bits per heavy atom. The van der Waals surface area contributed by atoms with Crippen molar-refractivity contribution in [2.24, 2.45) is 0 Å². The van der Waals surface area contributed by atoms with Crippen LogP contribution in [0.4, 0.5) is 4.39 Å². The monoisotopic (exact) mass is 232 g/mol. The zero-order valence-electron chi connectivity index (χ0n) is 7.90. The normalized spacial score (nSPS) is 11.3. The smallest absolute Gasteiger partial charge is 0.181 e. The molecular formula is C9H9FO4S. The van der Waals surface area contributed by atoms with Crippen molar-refractivity contribution in [3.05, 3.63) is 29.6 Å². The van der Waals surface area contributed by atoms with Gasteiger partial charge >= 0.3 is 0 Å². The number of phenols is 1. The van der Waals surface area contributed by atoms with Crippen LogP contribution < -0.4 is 0 Å². The van der Waals surface area contributed by atoms with Crippen molar-refractivity contribution >= 4 is 15.6 Å². The molecule has 1 aromatic carbocycles. The van der Waals surface area contributed by atoms with Gasteiger partial charge in [0.05, 0.1) is 5.56 Å². The molecule has 0 radical (unpaired) electrons. The molecule has 1 N–H and O–H groups in total. The van der Waals surface area contributed by atoms with Crippen LogP contribution in [0.15, 0.2) is 18.2 Å². The van der Waals surface area contributed by atoms with Crippen LogP contribution in [0.3, 0.4) is 0 Å². The molecule has 0 saturated carbocycles. The van der Waals surface area contributed by atoms with Gasteiger partial charge < -0.3 is 5.11 Å². The Labute approximate surface area is 86.3 Å². The van der Waals surface area contributed by atoms with Gasteiger partial charge in [0, 0.05) is 6.26 Å². The second-order valence-corrected chi connectivity index (χ2v) is 5.29. The summed E-state index contributed by atoms with van der Waals surface area (Å²) in [5, 5.41) is 9.22. The molecule has 15 heavy (non-hydrogen) atoms. The third kappa shape index (κ3) is 3.32. The van der Waals surface area contributed by atoms with Gasteiger partial charge in [-0.15, -0.1) is 0 Å². The van der Waals surface area contributed by atoms with E-state index in [1.807, 2.05) is 0 Å². The van der Waals surface area contributed by atoms with Crippen molar-refractivity contribution < 1.29 is 22.7 Å². The summed E-state index contributed by atoms with van der Waals surface area (Å²) in [6.45, 7) is 0. The van der Waals surface area contributed by atoms with E-state index in [1.54, 1.807) is 0 Å². The van der Waals surface area contributed by atoms with Crippen molar-refractivity contribution in [2.75, 3.05) is 12.0 Å². The van der Waals surface area contributed by atoms with E-state index in [-0.39, 0.29) is 5.56 Å². The minimum Gasteiger partial charge on any atom is -0.507 e. The first-order chi connectivity index (χ1) is 6.79. The number of sulfone groups is 1. The quantitative estimate of drug-likeness (QED) is 0.781. The van der Waals surface area contributed by atoms with Crippen LogP contribution in [0.25, 0.3) is 0 Å². The van der Waals surface area contributed by atoms with Gasteiger partial charge in [-0.05, 0) is 18.2 Å². The zero-order chi connectivity index (χ0) is 11.6. The average Bonchev–Trinajstić information content (AvgIpc) is 2.06. The molecule has 0 heterocycles. The summed E-state index contributed by atoms with van der Waals surface area (Å²) in [5.41, 5.74) is -0.319. The lowest BCUT2D eigenvalue weighted by atomic mass is 10.1. The molecule has 1 aromatic rings. The third-order valence-electron chi connectivity index (χ3n) is 1.65. The van der Waals surface area contributed by atoms with Gasteiger partial charge in [-0.3, -0.25) is 4.79 Å². The van der Waals surface area contributed by atoms with Gasteiger partial charge in [0.1, 0.15) is 17.3 Å². The summed E-state index contributed by atoms with van der Waals surface area (Å²) in [5.74, 6) is -2.70. The summed E-state index contributed by atoms with van der Waals surface area (Å²) in [6, 6.07) is 2.79. The first-order valence-corrected chi connectivity index (χ1v) is 6.05. The standard InChI is InChI=1S/C9H9FO4S/c1-15(13,14)5-9(12)7-4-6(10)2-3-8(7)11/h2-4,11H,5H2,1H3. The fourth-order valence-corrected chi connectivity index (χ4v) is 1.68. The maximum atomic E-state index is 12.7. The highest BCUT2D eigenvalue weighted by Gasteiger charge is 2.17. The van der Waals surface area contributed by atoms with Crippen LogP contribution in [0, 0.1) is 5.82 Å². The number of carbonyl (C=O) groups is 1. The van der Waals surface area contributed by atoms with Gasteiger partial charge in [0.25, 0.3) is 0 Å². The second kappa shape index (κ2) is 3.98. The molecule has 0 aliphatic rings. The van der Waals surface area contributed by atoms with E-state index in [2.05, 4.69) is 0 Å². The van der Waals surface area contributed by atoms with Crippen molar-refractivity contribution in [3.8, 4) is 5.75 Å². The minimum atomic E-state index is -3.48. The largest absolute Gasteiger partial charge is 0.507 e. The third-order valence-corrected chi connectivity index (χ3v) is 2.44. The lowest BCUT2D eigenvalue weighted by Crippen LogP contribution is -2.14. The Morgan fingerprint density at radius 2 is 2.07 bits per heavy atom. The predicted octanol–water partition coefficient (Wildman–Crippen LogP) is 0.759. The highest BCUT2D eigenvalue weighted by Crippen LogP contribution is 2.18. The molecule has 4 nitrogen and oxygen atoms in total. The Bertz CT molecular complexity index is 493. The zero-order valence-corrected chi connectivity index (χ0v) is 8.71. The molecule has 0 aliphatic carbocycles. The number of hydrogen-bond acceptors (Lipinski definition) is 4. The summed E-state index contributed by atoms with van der Waals surface area (Å²) >= 11 is 0. The summed E-state index contributed by atoms with van der Waals surface area (Å²) in [7, 11) is -3.48. The SMILES string of the molecule is CS(=O)(=O)CC(=O)c1cc(F)ccc1O. The lowest BCUT2D eigenvalue weighted by Gasteiger charge is -2.02. The summed E-state index contributed by atoms with van der Waals surface area (Å²) in [6.07, 6.45) is 0.890. The molecule has 0 saturated heterocycles. The molecule has 0 aliphatic heterocycles. The molecule has 82 valence electrons. The lowest BCUT2D eigenvalue weighted by molar-refractivity contribution is 0.101. The molecular weight excluding hydrogens is 223 g/mol. The number of carbonyl (C=O) groups excluding carboxylic acids is 1. The molecule has 1 rings (SSSR count). The number of phenolic OH excluding ortho intramolecular Hbond substituents is 1. The first kappa shape index (κ1) is 11.6. The minimum absolute atomic E-state index is 0.319. The maximum absolute atomic E-state index is 12.7. The average molecular weight is 232 g/mol. The fraction of sp³-hybridized carbons (Fsp3) is 0.222. The van der Waals surface area contributed by atoms with Gasteiger partial charge in [0.15, 0.2) is 15.6 Å². The van der Waals surface area contributed by atoms with Crippen LogP contribution in [0.2, 0.25) is 0 Å². The van der Waals surface area contributed by atoms with Gasteiger partial charge in [-0.25, -0.2) is 12.8 Å². The van der Waals surface area contributed by atoms with Gasteiger partial charge in [-0.2, -0.15) is 0 Å². The number of aromatic hydroxyl groups is 1. The van der Waals surface area contributed by atoms with E-state index in [0.717, 1.165) is 24.5 Å². The molecule has 0 unspecified atom stereocenters. The molecule has 0 bridgehead atoms. The van der Waals surface area contributed by atoms with E-state index < -0.39 is 32.9 Å². The molecule has 6 heteroatoms. The molecule has 0 atom stereocenters. The van der Waals surface area contributed by atoms with Crippen LogP contribution >= 0.6 is 0 Å². The number of Topliss-reactive ketones (excluding diaryl/α,β-unsaturated/α-hetero) is 1. The Balaban J connectivity index is 3.06. The molecule has 0 amide bonds. The summed E-state index contributed by atoms with van der Waals surface area (Å²) < 4.78 is 34.4. The van der Waals surface area contributed by atoms with E-state index in [1.165, 1.54) is 0 Å². The Hall–Kier alpha value is -1.43. The van der Waals surface area contributed by atoms with Gasteiger partial charge in [-0.1, -0.05) is 0 Å². The van der Waals surface area contributed by atoms with E-state index in [0.29, 0.717) is 0 Å². The van der Waals surface area contributed by atoms with Crippen LogP contribution in [-0.2, 0) is 9.84 Å². The van der Waals surface area contributed by atoms with Crippen LogP contribution in [0.1, 0.15) is 10.4 Å². The van der Waals surface area contributed by atoms with Gasteiger partial charge in [0.2, 0.25) is 0 Å². The predicted molar refractivity (Wildman–Crippen MR) is 52.1 cm³/mol. The molecule has 0 spiro atoms. The van der Waals surface area contributed by atoms with Crippen molar-refractivity contribution in [1.29, 1.82) is 0 Å². The highest BCUT2D eigenvalue weighted by molar-refractivity contribution is 7.91. The number of hydrogen-bond donors (Lipinski definition) is 1. The second-order valence-electron chi connectivity index (χ2n) is 3.15. The van der Waals surface area contributed by atoms with E-state index >= 15 is 0 Å². The molecule has 0 aromatic heterocycles. The Kier molecular flexibility index (Phi) is 3.09. The molecule has 0 fully saturated rings. The number of rotatable bonds is 3. The topological polar surface area (TPSA) is 71.4 Å². The number of benzene rings is 1. The van der Waals surface area contributed by atoms with E-state index in [9.17, 15) is 22.7 Å². The fourth-order valence-electron chi connectivity index (χ4n) is 1.05. The first-order valence-electron chi connectivity index (χ1n) is 3.99. The highest BCUT2D eigenvalue weighted by atomic mass is 32.2. The maximum Gasteiger partial charge on any atom is 0.181 e. The van der Waals surface area contributed by atoms with Crippen molar-refractivity contribution in [1.82, 2.24) is 0 Å².